The number of aliphatic hydroxyl groups excluding tert-OH is 3. The van der Waals surface area contributed by atoms with E-state index < -0.39 is 102 Å². The molecule has 0 aliphatic carbocycles. The number of nitrogens with two attached hydrogens (primary N) is 1. The maximum atomic E-state index is 12.7. The van der Waals surface area contributed by atoms with Gasteiger partial charge in [-0.25, -0.2) is 28.6 Å². The summed E-state index contributed by atoms with van der Waals surface area (Å²) in [7, 11) is -16.5. The minimum atomic E-state index is -5.60. The van der Waals surface area contributed by atoms with Crippen molar-refractivity contribution in [2.45, 2.75) is 76.3 Å². The van der Waals surface area contributed by atoms with Crippen molar-refractivity contribution in [2.24, 2.45) is 5.41 Å². The highest BCUT2D eigenvalue weighted by Crippen LogP contribution is 2.61. The van der Waals surface area contributed by atoms with Crippen LogP contribution in [0.1, 0.15) is 45.8 Å². The molecule has 328 valence electrons. The van der Waals surface area contributed by atoms with Crippen LogP contribution in [0, 0.1) is 5.41 Å². The number of fused-ring (bicyclic) bond motifs is 1. The molecule has 31 heteroatoms. The molecule has 2 aromatic rings. The number of amides is 2. The summed E-state index contributed by atoms with van der Waals surface area (Å²) in [5, 5.41) is 44.1. The van der Waals surface area contributed by atoms with Gasteiger partial charge in [-0.15, -0.1) is 0 Å². The van der Waals surface area contributed by atoms with Crippen LogP contribution in [-0.4, -0.2) is 145 Å². The second-order valence-electron chi connectivity index (χ2n) is 13.1. The number of aromatic nitrogens is 4. The van der Waals surface area contributed by atoms with Crippen molar-refractivity contribution in [1.82, 2.24) is 30.2 Å². The van der Waals surface area contributed by atoms with Crippen LogP contribution >= 0.6 is 35.2 Å². The second-order valence-corrected chi connectivity index (χ2v) is 18.5. The summed E-state index contributed by atoms with van der Waals surface area (Å²) >= 11 is 0.825. The first-order chi connectivity index (χ1) is 26.8. The summed E-state index contributed by atoms with van der Waals surface area (Å²) in [4.78, 5) is 97.9. The van der Waals surface area contributed by atoms with E-state index >= 15 is 0 Å². The van der Waals surface area contributed by atoms with Gasteiger partial charge in [-0.2, -0.15) is 4.31 Å². The van der Waals surface area contributed by atoms with Gasteiger partial charge < -0.3 is 61.1 Å². The minimum absolute atomic E-state index is 0.0160. The van der Waals surface area contributed by atoms with Crippen LogP contribution in [0.25, 0.3) is 11.2 Å². The Hall–Kier alpha value is -3.01. The quantitative estimate of drug-likeness (QED) is 0.0412. The van der Waals surface area contributed by atoms with Crippen molar-refractivity contribution < 1.29 is 95.5 Å². The number of carbonyl (C=O) groups excluding carboxylic acids is 3. The fraction of sp³-hybridized carbons (Fsp3) is 0.667. The van der Waals surface area contributed by atoms with Crippen molar-refractivity contribution in [2.75, 3.05) is 37.8 Å². The molecule has 58 heavy (non-hydrogen) atoms. The van der Waals surface area contributed by atoms with Crippen molar-refractivity contribution in [3.63, 3.8) is 0 Å². The smallest absolute Gasteiger partial charge is 0.481 e. The molecule has 12 N–H and O–H groups in total. The number of nitrogen functional groups attached to an aromatic ring is 1. The lowest BCUT2D eigenvalue weighted by molar-refractivity contribution is -0.138. The van der Waals surface area contributed by atoms with Crippen LogP contribution in [0.15, 0.2) is 12.7 Å². The minimum Gasteiger partial charge on any atom is -0.481 e. The molecule has 0 saturated carbocycles. The number of imidazole rings is 1. The van der Waals surface area contributed by atoms with Crippen LogP contribution in [-0.2, 0) is 55.5 Å². The van der Waals surface area contributed by atoms with Crippen molar-refractivity contribution >= 4 is 75.1 Å². The van der Waals surface area contributed by atoms with E-state index in [-0.39, 0.29) is 61.5 Å². The number of ether oxygens (including phenoxy) is 1. The molecule has 1 fully saturated rings. The molecular weight excluding hydrogens is 867 g/mol. The number of hydrogen-bond donors (Lipinski definition) is 11. The SMILES string of the molecule is CC(C)(COP(=O)(O)OP(=O)(O)OC[C@H]1O[C@@H](n2cnc3c(N)ncnc32)[C@H](O)[C@@H]1OP(=O)(O)O)C(O)C(=O)NCCC(=O)NCCSC(=O)CC(O)CCC(=O)O. The predicted molar refractivity (Wildman–Crippen MR) is 195 cm³/mol. The Labute approximate surface area is 332 Å². The normalized spacial score (nSPS) is 21.8. The zero-order chi connectivity index (χ0) is 43.6. The highest BCUT2D eigenvalue weighted by atomic mass is 32.2. The number of aliphatic hydroxyl groups is 3. The molecule has 27 nitrogen and oxygen atoms in total. The van der Waals surface area contributed by atoms with Gasteiger partial charge in [-0.05, 0) is 6.42 Å². The summed E-state index contributed by atoms with van der Waals surface area (Å²) in [5.74, 6) is -2.57. The third kappa shape index (κ3) is 15.5. The zero-order valence-corrected chi connectivity index (χ0v) is 34.1. The Morgan fingerprint density at radius 1 is 1.02 bits per heavy atom. The number of carboxylic acids is 1. The first-order valence-electron chi connectivity index (χ1n) is 16.8. The lowest BCUT2D eigenvalue weighted by atomic mass is 9.87. The molecule has 0 radical (unpaired) electrons. The highest BCUT2D eigenvalue weighted by molar-refractivity contribution is 8.13. The maximum absolute atomic E-state index is 12.7. The molecule has 0 aromatic carbocycles. The number of hydrogen-bond acceptors (Lipinski definition) is 20. The van der Waals surface area contributed by atoms with Gasteiger partial charge in [0.1, 0.15) is 36.3 Å². The number of rotatable bonds is 24. The Balaban J connectivity index is 1.45. The van der Waals surface area contributed by atoms with Crippen molar-refractivity contribution in [1.29, 1.82) is 0 Å². The summed E-state index contributed by atoms with van der Waals surface area (Å²) in [6, 6.07) is 0. The molecule has 1 aliphatic rings. The Morgan fingerprint density at radius 2 is 1.69 bits per heavy atom. The summed E-state index contributed by atoms with van der Waals surface area (Å²) in [5.41, 5.74) is 4.18. The molecular formula is C27H44N7O20P3S. The molecule has 2 amide bonds. The number of aliphatic carboxylic acids is 1. The number of phosphoric ester groups is 3. The van der Waals surface area contributed by atoms with Crippen molar-refractivity contribution in [3.8, 4) is 0 Å². The lowest BCUT2D eigenvalue weighted by Crippen LogP contribution is -2.46. The first kappa shape index (κ1) is 49.4. The molecule has 1 saturated heterocycles. The number of thioether (sulfide) groups is 1. The number of anilines is 1. The molecule has 3 rings (SSSR count). The monoisotopic (exact) mass is 911 g/mol. The number of phosphoric acid groups is 3. The van der Waals surface area contributed by atoms with Crippen LogP contribution in [0.5, 0.6) is 0 Å². The fourth-order valence-electron chi connectivity index (χ4n) is 4.94. The molecule has 2 aromatic heterocycles. The van der Waals surface area contributed by atoms with E-state index in [2.05, 4.69) is 34.4 Å². The molecule has 0 bridgehead atoms. The highest BCUT2D eigenvalue weighted by Gasteiger charge is 2.50. The third-order valence-corrected chi connectivity index (χ3v) is 11.9. The molecule has 1 aliphatic heterocycles. The molecule has 4 unspecified atom stereocenters. The van der Waals surface area contributed by atoms with E-state index in [0.717, 1.165) is 29.0 Å². The number of nitrogens with zero attached hydrogens (tertiary/aromatic N) is 4. The number of nitrogens with one attached hydrogen (secondary N) is 2. The van der Waals surface area contributed by atoms with Gasteiger partial charge in [-0.1, -0.05) is 25.6 Å². The van der Waals surface area contributed by atoms with Crippen LogP contribution in [0.2, 0.25) is 0 Å². The zero-order valence-electron chi connectivity index (χ0n) is 30.6. The van der Waals surface area contributed by atoms with Crippen LogP contribution in [0.3, 0.4) is 0 Å². The second kappa shape index (κ2) is 21.0. The van der Waals surface area contributed by atoms with E-state index in [1.807, 2.05) is 0 Å². The van der Waals surface area contributed by atoms with Gasteiger partial charge in [0.2, 0.25) is 11.8 Å². The number of carboxylic acid groups (broad SMARTS) is 1. The van der Waals surface area contributed by atoms with Gasteiger partial charge in [-0.3, -0.25) is 37.3 Å². The predicted octanol–water partition coefficient (Wildman–Crippen LogP) is -1.72. The van der Waals surface area contributed by atoms with Gasteiger partial charge in [0.05, 0.1) is 25.6 Å². The topological polar surface area (TPSA) is 421 Å². The van der Waals surface area contributed by atoms with Gasteiger partial charge in [0.25, 0.3) is 0 Å². The van der Waals surface area contributed by atoms with Gasteiger partial charge >= 0.3 is 29.4 Å². The summed E-state index contributed by atoms with van der Waals surface area (Å²) in [6.07, 6.45) is -8.88. The van der Waals surface area contributed by atoms with Crippen LogP contribution in [0.4, 0.5) is 5.82 Å². The maximum Gasteiger partial charge on any atom is 0.481 e. The average molecular weight is 912 g/mol. The van der Waals surface area contributed by atoms with E-state index in [0.29, 0.717) is 0 Å². The van der Waals surface area contributed by atoms with E-state index in [1.165, 1.54) is 13.8 Å². The van der Waals surface area contributed by atoms with Crippen molar-refractivity contribution in [3.05, 3.63) is 12.7 Å². The summed E-state index contributed by atoms with van der Waals surface area (Å²) in [6.45, 7) is 0.140. The standard InChI is InChI=1S/C27H44N7O20P3S/c1-27(2,22(41)25(42)30-6-5-16(36)29-7-8-58-18(39)9-14(35)3-4-17(37)38)11-51-57(48,49)54-56(46,47)50-10-15-21(53-55(43,44)45)20(40)26(52-15)34-13-33-19-23(28)31-12-32-24(19)34/h12-15,20-22,26,35,40-41H,3-11H2,1-2H3,(H,29,36)(H,30,42)(H,37,38)(H,46,47)(H,48,49)(H2,28,31,32)(H2,43,44,45)/t14?,15-,20-,21-,22?,26-/m1/s1. The molecule has 0 spiro atoms. The van der Waals surface area contributed by atoms with Gasteiger partial charge in [0.15, 0.2) is 22.8 Å². The largest absolute Gasteiger partial charge is 0.481 e. The third-order valence-electron chi connectivity index (χ3n) is 7.86. The van der Waals surface area contributed by atoms with E-state index in [4.69, 9.17) is 24.6 Å². The van der Waals surface area contributed by atoms with Gasteiger partial charge in [0, 0.05) is 43.5 Å². The lowest BCUT2D eigenvalue weighted by Gasteiger charge is -2.30. The Morgan fingerprint density at radius 3 is 2.34 bits per heavy atom. The van der Waals surface area contributed by atoms with E-state index in [1.54, 1.807) is 0 Å². The molecule has 8 atom stereocenters. The van der Waals surface area contributed by atoms with Crippen LogP contribution < -0.4 is 16.4 Å². The van der Waals surface area contributed by atoms with E-state index in [9.17, 15) is 67.8 Å². The number of carbonyl (C=O) groups is 4. The summed E-state index contributed by atoms with van der Waals surface area (Å²) < 4.78 is 62.0. The average Bonchev–Trinajstić information content (AvgIpc) is 3.67. The Bertz CT molecular complexity index is 1920. The molecule has 3 heterocycles. The Kier molecular flexibility index (Phi) is 17.9. The first-order valence-corrected chi connectivity index (χ1v) is 22.3. The fourth-order valence-corrected chi connectivity index (χ4v) is 8.51.